The van der Waals surface area contributed by atoms with Crippen LogP contribution in [0.4, 0.5) is 5.95 Å². The average molecular weight is 432 g/mol. The van der Waals surface area contributed by atoms with Gasteiger partial charge in [-0.05, 0) is 43.7 Å². The lowest BCUT2D eigenvalue weighted by Crippen LogP contribution is -2.15. The Balaban J connectivity index is 1.77. The fourth-order valence-corrected chi connectivity index (χ4v) is 4.11. The van der Waals surface area contributed by atoms with Crippen molar-refractivity contribution < 1.29 is 13.2 Å². The first-order chi connectivity index (χ1) is 14.9. The van der Waals surface area contributed by atoms with E-state index in [9.17, 15) is 8.42 Å². The number of nitrogens with one attached hydrogen (secondary N) is 1. The number of hydrogen-bond acceptors (Lipinski definition) is 5. The van der Waals surface area contributed by atoms with Gasteiger partial charge in [0.1, 0.15) is 5.75 Å². The summed E-state index contributed by atoms with van der Waals surface area (Å²) in [5.41, 5.74) is 3.57. The van der Waals surface area contributed by atoms with Gasteiger partial charge in [-0.2, -0.15) is 4.98 Å². The molecule has 0 saturated heterocycles. The zero-order chi connectivity index (χ0) is 21.8. The molecule has 0 spiro atoms. The number of nitrogens with zero attached hydrogens (tertiary/aromatic N) is 2. The Hall–Kier alpha value is -3.71. The molecule has 31 heavy (non-hydrogen) atoms. The lowest BCUT2D eigenvalue weighted by molar-refractivity contribution is 0.463. The lowest BCUT2D eigenvalue weighted by atomic mass is 10.0. The largest absolute Gasteiger partial charge is 0.439 e. The van der Waals surface area contributed by atoms with Crippen molar-refractivity contribution in [2.45, 2.75) is 18.7 Å². The Bertz CT molecular complexity index is 1310. The summed E-state index contributed by atoms with van der Waals surface area (Å²) < 4.78 is 33.9. The first-order valence-corrected chi connectivity index (χ1v) is 11.2. The van der Waals surface area contributed by atoms with Crippen LogP contribution < -0.4 is 9.46 Å². The molecule has 1 N–H and O–H groups in total. The van der Waals surface area contributed by atoms with Gasteiger partial charge in [0.2, 0.25) is 11.8 Å². The number of sulfonamides is 1. The van der Waals surface area contributed by atoms with Crippen molar-refractivity contribution in [3.8, 4) is 22.9 Å². The number of ether oxygens (including phenoxy) is 1. The summed E-state index contributed by atoms with van der Waals surface area (Å²) in [4.78, 5) is 8.88. The molecule has 1 aromatic heterocycles. The van der Waals surface area contributed by atoms with Gasteiger partial charge in [-0.1, -0.05) is 60.2 Å². The second kappa shape index (κ2) is 8.57. The van der Waals surface area contributed by atoms with E-state index in [1.165, 1.54) is 12.1 Å². The summed E-state index contributed by atoms with van der Waals surface area (Å²) in [7, 11) is -3.85. The third kappa shape index (κ3) is 4.90. The van der Waals surface area contributed by atoms with Crippen molar-refractivity contribution in [2.24, 2.45) is 0 Å². The quantitative estimate of drug-likeness (QED) is 0.445. The highest BCUT2D eigenvalue weighted by Gasteiger charge is 2.18. The van der Waals surface area contributed by atoms with Gasteiger partial charge in [-0.3, -0.25) is 0 Å². The highest BCUT2D eigenvalue weighted by atomic mass is 32.2. The number of hydrogen-bond donors (Lipinski definition) is 1. The van der Waals surface area contributed by atoms with Crippen LogP contribution in [0.15, 0.2) is 89.8 Å². The van der Waals surface area contributed by atoms with Crippen molar-refractivity contribution in [3.05, 3.63) is 96.1 Å². The van der Waals surface area contributed by atoms with Gasteiger partial charge in [0, 0.05) is 11.6 Å². The minimum Gasteiger partial charge on any atom is -0.439 e. The normalized spacial score (nSPS) is 11.2. The molecule has 0 aliphatic carbocycles. The molecule has 0 aliphatic heterocycles. The molecule has 156 valence electrons. The van der Waals surface area contributed by atoms with Crippen molar-refractivity contribution in [1.82, 2.24) is 9.97 Å². The van der Waals surface area contributed by atoms with Crippen molar-refractivity contribution in [3.63, 3.8) is 0 Å². The highest BCUT2D eigenvalue weighted by molar-refractivity contribution is 7.92. The number of aryl methyl sites for hydroxylation is 2. The van der Waals surface area contributed by atoms with Crippen LogP contribution in [0.5, 0.6) is 11.6 Å². The fourth-order valence-electron chi connectivity index (χ4n) is 3.15. The van der Waals surface area contributed by atoms with Crippen LogP contribution in [0, 0.1) is 13.8 Å². The molecule has 4 rings (SSSR count). The van der Waals surface area contributed by atoms with E-state index in [1.54, 1.807) is 36.4 Å². The first-order valence-electron chi connectivity index (χ1n) is 9.68. The van der Waals surface area contributed by atoms with E-state index >= 15 is 0 Å². The maximum atomic E-state index is 12.8. The maximum Gasteiger partial charge on any atom is 0.264 e. The molecule has 7 heteroatoms. The maximum absolute atomic E-state index is 12.8. The van der Waals surface area contributed by atoms with Crippen molar-refractivity contribution in [2.75, 3.05) is 4.72 Å². The predicted molar refractivity (Wildman–Crippen MR) is 121 cm³/mol. The molecule has 0 amide bonds. The van der Waals surface area contributed by atoms with Gasteiger partial charge in [0.15, 0.2) is 0 Å². The zero-order valence-electron chi connectivity index (χ0n) is 17.1. The molecule has 0 radical (unpaired) electrons. The molecule has 0 aliphatic rings. The van der Waals surface area contributed by atoms with Crippen molar-refractivity contribution in [1.29, 1.82) is 0 Å². The standard InChI is InChI=1S/C24H21N3O3S/c1-17-13-14-21(18(2)15-17)22-16-23(30-19-9-5-3-6-10-19)26-24(25-22)27-31(28,29)20-11-7-4-8-12-20/h3-16H,1-2H3,(H,25,26,27). The summed E-state index contributed by atoms with van der Waals surface area (Å²) in [5.74, 6) is 0.763. The second-order valence-electron chi connectivity index (χ2n) is 7.07. The van der Waals surface area contributed by atoms with E-state index in [4.69, 9.17) is 4.74 Å². The smallest absolute Gasteiger partial charge is 0.264 e. The topological polar surface area (TPSA) is 81.2 Å². The molecule has 0 unspecified atom stereocenters. The summed E-state index contributed by atoms with van der Waals surface area (Å²) in [5, 5.41) is 0. The minimum atomic E-state index is -3.85. The zero-order valence-corrected chi connectivity index (χ0v) is 17.9. The van der Waals surface area contributed by atoms with Crippen LogP contribution in [0.25, 0.3) is 11.3 Å². The SMILES string of the molecule is Cc1ccc(-c2cc(Oc3ccccc3)nc(NS(=O)(=O)c3ccccc3)n2)c(C)c1. The van der Waals surface area contributed by atoms with E-state index in [2.05, 4.69) is 14.7 Å². The van der Waals surface area contributed by atoms with Gasteiger partial charge in [-0.15, -0.1) is 0 Å². The van der Waals surface area contributed by atoms with E-state index in [1.807, 2.05) is 50.2 Å². The van der Waals surface area contributed by atoms with Gasteiger partial charge in [0.05, 0.1) is 10.6 Å². The molecular weight excluding hydrogens is 410 g/mol. The molecular formula is C24H21N3O3S. The Morgan fingerprint density at radius 3 is 2.16 bits per heavy atom. The molecule has 0 fully saturated rings. The number of benzene rings is 3. The summed E-state index contributed by atoms with van der Waals surface area (Å²) in [6, 6.07) is 24.9. The molecule has 0 atom stereocenters. The number of aromatic nitrogens is 2. The monoisotopic (exact) mass is 431 g/mol. The third-order valence-electron chi connectivity index (χ3n) is 4.61. The third-order valence-corrected chi connectivity index (χ3v) is 5.95. The summed E-state index contributed by atoms with van der Waals surface area (Å²) >= 11 is 0. The molecule has 0 saturated carbocycles. The number of anilines is 1. The van der Waals surface area contributed by atoms with Crippen LogP contribution in [0.1, 0.15) is 11.1 Å². The Labute approximate surface area is 181 Å². The van der Waals surface area contributed by atoms with E-state index in [0.29, 0.717) is 11.4 Å². The Morgan fingerprint density at radius 2 is 1.48 bits per heavy atom. The Morgan fingerprint density at radius 1 is 0.806 bits per heavy atom. The molecule has 4 aromatic rings. The van der Waals surface area contributed by atoms with Crippen molar-refractivity contribution >= 4 is 16.0 Å². The van der Waals surface area contributed by atoms with Gasteiger partial charge in [-0.25, -0.2) is 18.1 Å². The molecule has 1 heterocycles. The molecule has 3 aromatic carbocycles. The fraction of sp³-hybridized carbons (Fsp3) is 0.0833. The average Bonchev–Trinajstić information content (AvgIpc) is 2.74. The van der Waals surface area contributed by atoms with Crippen LogP contribution >= 0.6 is 0 Å². The molecule has 6 nitrogen and oxygen atoms in total. The second-order valence-corrected chi connectivity index (χ2v) is 8.75. The lowest BCUT2D eigenvalue weighted by Gasteiger charge is -2.13. The van der Waals surface area contributed by atoms with Gasteiger partial charge in [0.25, 0.3) is 10.0 Å². The van der Waals surface area contributed by atoms with E-state index in [0.717, 1.165) is 16.7 Å². The van der Waals surface area contributed by atoms with E-state index in [-0.39, 0.29) is 16.7 Å². The summed E-state index contributed by atoms with van der Waals surface area (Å²) in [6.07, 6.45) is 0. The van der Waals surface area contributed by atoms with Crippen LogP contribution in [0.2, 0.25) is 0 Å². The first kappa shape index (κ1) is 20.6. The van der Waals surface area contributed by atoms with E-state index < -0.39 is 10.0 Å². The van der Waals surface area contributed by atoms with Gasteiger partial charge < -0.3 is 4.74 Å². The number of rotatable bonds is 6. The van der Waals surface area contributed by atoms with Crippen LogP contribution in [-0.4, -0.2) is 18.4 Å². The van der Waals surface area contributed by atoms with Gasteiger partial charge >= 0.3 is 0 Å². The predicted octanol–water partition coefficient (Wildman–Crippen LogP) is 5.35. The van der Waals surface area contributed by atoms with Crippen LogP contribution in [-0.2, 0) is 10.0 Å². The highest BCUT2D eigenvalue weighted by Crippen LogP contribution is 2.29. The Kier molecular flexibility index (Phi) is 5.68. The number of para-hydroxylation sites is 1. The molecule has 0 bridgehead atoms. The van der Waals surface area contributed by atoms with Crippen LogP contribution in [0.3, 0.4) is 0 Å². The minimum absolute atomic E-state index is 0.0627. The summed E-state index contributed by atoms with van der Waals surface area (Å²) in [6.45, 7) is 4.00.